The lowest BCUT2D eigenvalue weighted by molar-refractivity contribution is -0.384. The van der Waals surface area contributed by atoms with Gasteiger partial charge in [-0.15, -0.1) is 0 Å². The summed E-state index contributed by atoms with van der Waals surface area (Å²) >= 11 is 6.40. The number of anilines is 1. The summed E-state index contributed by atoms with van der Waals surface area (Å²) in [5.41, 5.74) is 2.31. The zero-order valence-corrected chi connectivity index (χ0v) is 17.3. The summed E-state index contributed by atoms with van der Waals surface area (Å²) in [6, 6.07) is 12.4. The van der Waals surface area contributed by atoms with Crippen molar-refractivity contribution < 1.29 is 14.5 Å². The van der Waals surface area contributed by atoms with Crippen LogP contribution in [0.25, 0.3) is 6.08 Å². The number of benzene rings is 2. The van der Waals surface area contributed by atoms with Crippen LogP contribution in [0.3, 0.4) is 0 Å². The summed E-state index contributed by atoms with van der Waals surface area (Å²) in [5, 5.41) is 13.5. The molecule has 148 valence electrons. The summed E-state index contributed by atoms with van der Waals surface area (Å²) in [6.07, 6.45) is 1.60. The number of aryl methyl sites for hydroxylation is 1. The van der Waals surface area contributed by atoms with Crippen LogP contribution in [-0.2, 0) is 9.59 Å². The lowest BCUT2D eigenvalue weighted by Crippen LogP contribution is -2.44. The molecule has 7 nitrogen and oxygen atoms in total. The van der Waals surface area contributed by atoms with E-state index in [2.05, 4.69) is 5.32 Å². The van der Waals surface area contributed by atoms with Gasteiger partial charge in [-0.25, -0.2) is 0 Å². The Morgan fingerprint density at radius 1 is 1.21 bits per heavy atom. The van der Waals surface area contributed by atoms with Gasteiger partial charge in [0.05, 0.1) is 9.83 Å². The molecule has 3 rings (SSSR count). The van der Waals surface area contributed by atoms with Crippen molar-refractivity contribution in [3.63, 3.8) is 0 Å². The molecule has 9 heteroatoms. The number of thiocarbonyl (C=S) groups is 1. The Morgan fingerprint density at radius 2 is 1.83 bits per heavy atom. The Bertz CT molecular complexity index is 1020. The molecule has 0 bridgehead atoms. The van der Waals surface area contributed by atoms with Crippen molar-refractivity contribution in [2.75, 3.05) is 5.32 Å². The molecule has 0 radical (unpaired) electrons. The van der Waals surface area contributed by atoms with Gasteiger partial charge < -0.3 is 5.32 Å². The number of nitrogens with one attached hydrogen (secondary N) is 1. The predicted molar refractivity (Wildman–Crippen MR) is 117 cm³/mol. The van der Waals surface area contributed by atoms with Gasteiger partial charge in [-0.1, -0.05) is 41.7 Å². The molecule has 0 saturated carbocycles. The molecule has 1 atom stereocenters. The Morgan fingerprint density at radius 3 is 2.41 bits per heavy atom. The molecule has 0 aromatic heterocycles. The number of rotatable bonds is 5. The highest BCUT2D eigenvalue weighted by Gasteiger charge is 2.38. The van der Waals surface area contributed by atoms with Crippen LogP contribution in [0, 0.1) is 17.0 Å². The molecule has 2 aromatic rings. The lowest BCUT2D eigenvalue weighted by atomic mass is 10.2. The van der Waals surface area contributed by atoms with Gasteiger partial charge in [0.2, 0.25) is 5.91 Å². The van der Waals surface area contributed by atoms with Gasteiger partial charge in [0.1, 0.15) is 10.4 Å². The molecule has 1 heterocycles. The number of thioether (sulfide) groups is 1. The maximum atomic E-state index is 12.8. The van der Waals surface area contributed by atoms with Crippen LogP contribution in [-0.4, -0.2) is 32.0 Å². The number of hydrogen-bond donors (Lipinski definition) is 1. The van der Waals surface area contributed by atoms with Crippen molar-refractivity contribution >= 4 is 57.6 Å². The number of amides is 2. The molecule has 1 aliphatic rings. The highest BCUT2D eigenvalue weighted by Crippen LogP contribution is 2.34. The summed E-state index contributed by atoms with van der Waals surface area (Å²) in [7, 11) is 0. The molecule has 1 saturated heterocycles. The first-order chi connectivity index (χ1) is 13.8. The van der Waals surface area contributed by atoms with E-state index in [1.165, 1.54) is 17.0 Å². The van der Waals surface area contributed by atoms with Crippen LogP contribution in [0.4, 0.5) is 11.4 Å². The predicted octanol–water partition coefficient (Wildman–Crippen LogP) is 4.13. The number of nitro benzene ring substituents is 1. The van der Waals surface area contributed by atoms with Crippen LogP contribution < -0.4 is 5.32 Å². The topological polar surface area (TPSA) is 92.6 Å². The van der Waals surface area contributed by atoms with Crippen LogP contribution in [0.15, 0.2) is 53.4 Å². The molecule has 29 heavy (non-hydrogen) atoms. The maximum Gasteiger partial charge on any atom is 0.269 e. The largest absolute Gasteiger partial charge is 0.324 e. The number of nitrogens with zero attached hydrogens (tertiary/aromatic N) is 2. The summed E-state index contributed by atoms with van der Waals surface area (Å²) in [5.74, 6) is -0.716. The lowest BCUT2D eigenvalue weighted by Gasteiger charge is -2.22. The van der Waals surface area contributed by atoms with Gasteiger partial charge in [0.25, 0.3) is 11.6 Å². The van der Waals surface area contributed by atoms with Crippen LogP contribution >= 0.6 is 24.0 Å². The second-order valence-electron chi connectivity index (χ2n) is 6.43. The van der Waals surface area contributed by atoms with Crippen LogP contribution in [0.2, 0.25) is 0 Å². The molecule has 1 N–H and O–H groups in total. The van der Waals surface area contributed by atoms with E-state index in [1.807, 2.05) is 19.1 Å². The van der Waals surface area contributed by atoms with E-state index in [1.54, 1.807) is 37.3 Å². The number of carbonyl (C=O) groups excluding carboxylic acids is 2. The second kappa shape index (κ2) is 8.54. The molecular formula is C20H17N3O4S2. The Balaban J connectivity index is 1.74. The number of carbonyl (C=O) groups is 2. The van der Waals surface area contributed by atoms with Crippen molar-refractivity contribution in [1.29, 1.82) is 0 Å². The van der Waals surface area contributed by atoms with Crippen molar-refractivity contribution in [2.45, 2.75) is 19.9 Å². The summed E-state index contributed by atoms with van der Waals surface area (Å²) < 4.78 is 0.287. The fraction of sp³-hybridized carbons (Fsp3) is 0.150. The Kier molecular flexibility index (Phi) is 6.09. The average molecular weight is 428 g/mol. The minimum atomic E-state index is -0.786. The maximum absolute atomic E-state index is 12.8. The smallest absolute Gasteiger partial charge is 0.269 e. The van der Waals surface area contributed by atoms with E-state index in [0.29, 0.717) is 16.2 Å². The minimum Gasteiger partial charge on any atom is -0.324 e. The summed E-state index contributed by atoms with van der Waals surface area (Å²) in [4.78, 5) is 37.3. The van der Waals surface area contributed by atoms with Gasteiger partial charge in [0, 0.05) is 17.8 Å². The molecule has 2 aromatic carbocycles. The van der Waals surface area contributed by atoms with Gasteiger partial charge in [-0.2, -0.15) is 0 Å². The van der Waals surface area contributed by atoms with E-state index in [4.69, 9.17) is 12.2 Å². The number of nitro groups is 1. The highest BCUT2D eigenvalue weighted by atomic mass is 32.2. The molecule has 1 fully saturated rings. The van der Waals surface area contributed by atoms with E-state index in [-0.39, 0.29) is 21.8 Å². The quantitative estimate of drug-likeness (QED) is 0.334. The van der Waals surface area contributed by atoms with Crippen molar-refractivity contribution in [3.8, 4) is 0 Å². The van der Waals surface area contributed by atoms with Gasteiger partial charge in [-0.3, -0.25) is 24.6 Å². The normalized spacial score (nSPS) is 16.2. The van der Waals surface area contributed by atoms with Crippen LogP contribution in [0.5, 0.6) is 0 Å². The minimum absolute atomic E-state index is 0.0314. The number of non-ortho nitro benzene ring substituents is 1. The van der Waals surface area contributed by atoms with E-state index in [9.17, 15) is 19.7 Å². The third-order valence-electron chi connectivity index (χ3n) is 4.31. The monoisotopic (exact) mass is 427 g/mol. The summed E-state index contributed by atoms with van der Waals surface area (Å²) in [6.45, 7) is 3.56. The first-order valence-electron chi connectivity index (χ1n) is 8.65. The van der Waals surface area contributed by atoms with Crippen molar-refractivity contribution in [3.05, 3.63) is 74.7 Å². The van der Waals surface area contributed by atoms with Crippen molar-refractivity contribution in [2.24, 2.45) is 0 Å². The molecule has 2 amide bonds. The highest BCUT2D eigenvalue weighted by molar-refractivity contribution is 8.26. The fourth-order valence-electron chi connectivity index (χ4n) is 2.66. The van der Waals surface area contributed by atoms with Crippen molar-refractivity contribution in [1.82, 2.24) is 4.90 Å². The Hall–Kier alpha value is -3.04. The Labute approximate surface area is 176 Å². The molecular weight excluding hydrogens is 410 g/mol. The van der Waals surface area contributed by atoms with E-state index in [0.717, 1.165) is 17.3 Å². The average Bonchev–Trinajstić information content (AvgIpc) is 2.96. The molecule has 1 aliphatic heterocycles. The van der Waals surface area contributed by atoms with Crippen LogP contribution in [0.1, 0.15) is 18.1 Å². The first-order valence-corrected chi connectivity index (χ1v) is 9.88. The standard InChI is InChI=1S/C20H17N3O4S2/c1-12-3-7-15(8-4-12)21-18(24)13(2)22-19(25)17(29-20(22)28)11-14-5-9-16(10-6-14)23(26)27/h3-11,13H,1-2H3,(H,21,24)/b17-11-. The van der Waals surface area contributed by atoms with Gasteiger partial charge >= 0.3 is 0 Å². The molecule has 1 unspecified atom stereocenters. The fourth-order valence-corrected chi connectivity index (χ4v) is 4.08. The van der Waals surface area contributed by atoms with E-state index < -0.39 is 11.0 Å². The molecule has 0 spiro atoms. The third-order valence-corrected chi connectivity index (χ3v) is 5.64. The SMILES string of the molecule is Cc1ccc(NC(=O)C(C)N2C(=O)/C(=C/c3ccc([N+](=O)[O-])cc3)SC2=S)cc1. The second-order valence-corrected chi connectivity index (χ2v) is 8.11. The van der Waals surface area contributed by atoms with Gasteiger partial charge in [0.15, 0.2) is 0 Å². The zero-order chi connectivity index (χ0) is 21.1. The van der Waals surface area contributed by atoms with E-state index >= 15 is 0 Å². The zero-order valence-electron chi connectivity index (χ0n) is 15.6. The third kappa shape index (κ3) is 4.69. The number of hydrogen-bond acceptors (Lipinski definition) is 6. The van der Waals surface area contributed by atoms with Gasteiger partial charge in [-0.05, 0) is 49.8 Å². The molecule has 0 aliphatic carbocycles. The first kappa shape index (κ1) is 20.7.